The SMILES string of the molecule is COc1ccc(CNCCc2ccc(F)c(Br)c2)c(OC)c1OC. The number of hydrogen-bond donors (Lipinski definition) is 1. The van der Waals surface area contributed by atoms with E-state index in [9.17, 15) is 4.39 Å². The number of hydrogen-bond acceptors (Lipinski definition) is 4. The molecule has 0 aliphatic rings. The molecule has 0 aliphatic carbocycles. The van der Waals surface area contributed by atoms with Crippen LogP contribution >= 0.6 is 15.9 Å². The maximum Gasteiger partial charge on any atom is 0.203 e. The standard InChI is InChI=1S/C18H21BrFNO3/c1-22-16-7-5-13(17(23-2)18(16)24-3)11-21-9-8-12-4-6-15(20)14(19)10-12/h4-7,10,21H,8-9,11H2,1-3H3. The van der Waals surface area contributed by atoms with Crippen LogP contribution in [0.3, 0.4) is 0 Å². The number of methoxy groups -OCH3 is 3. The molecule has 0 spiro atoms. The number of ether oxygens (including phenoxy) is 3. The van der Waals surface area contributed by atoms with E-state index < -0.39 is 0 Å². The third-order valence-electron chi connectivity index (χ3n) is 3.68. The van der Waals surface area contributed by atoms with Gasteiger partial charge in [0, 0.05) is 12.1 Å². The topological polar surface area (TPSA) is 39.7 Å². The summed E-state index contributed by atoms with van der Waals surface area (Å²) in [5.41, 5.74) is 2.05. The van der Waals surface area contributed by atoms with E-state index in [1.54, 1.807) is 33.5 Å². The predicted octanol–water partition coefficient (Wildman–Crippen LogP) is 3.95. The average Bonchev–Trinajstić information content (AvgIpc) is 2.60. The highest BCUT2D eigenvalue weighted by Gasteiger charge is 2.15. The molecule has 0 heterocycles. The Kier molecular flexibility index (Phi) is 6.87. The third kappa shape index (κ3) is 4.39. The zero-order valence-electron chi connectivity index (χ0n) is 14.0. The lowest BCUT2D eigenvalue weighted by Gasteiger charge is -2.16. The number of halogens is 2. The van der Waals surface area contributed by atoms with Crippen LogP contribution in [0.2, 0.25) is 0 Å². The maximum atomic E-state index is 13.2. The molecule has 0 amide bonds. The molecule has 0 fully saturated rings. The molecule has 24 heavy (non-hydrogen) atoms. The molecule has 6 heteroatoms. The zero-order chi connectivity index (χ0) is 17.5. The van der Waals surface area contributed by atoms with E-state index in [4.69, 9.17) is 14.2 Å². The Bertz CT molecular complexity index is 694. The Morgan fingerprint density at radius 3 is 2.38 bits per heavy atom. The predicted molar refractivity (Wildman–Crippen MR) is 95.6 cm³/mol. The molecule has 0 bridgehead atoms. The minimum absolute atomic E-state index is 0.248. The van der Waals surface area contributed by atoms with Crippen molar-refractivity contribution >= 4 is 15.9 Å². The Labute approximate surface area is 150 Å². The first kappa shape index (κ1) is 18.5. The summed E-state index contributed by atoms with van der Waals surface area (Å²) in [6.45, 7) is 1.39. The summed E-state index contributed by atoms with van der Waals surface area (Å²) in [4.78, 5) is 0. The lowest BCUT2D eigenvalue weighted by molar-refractivity contribution is 0.321. The summed E-state index contributed by atoms with van der Waals surface area (Å²) in [5, 5.41) is 3.36. The van der Waals surface area contributed by atoms with Crippen LogP contribution < -0.4 is 19.5 Å². The second-order valence-electron chi connectivity index (χ2n) is 5.17. The molecule has 0 aromatic heterocycles. The van der Waals surface area contributed by atoms with E-state index in [1.165, 1.54) is 6.07 Å². The van der Waals surface area contributed by atoms with E-state index in [-0.39, 0.29) is 5.82 Å². The second-order valence-corrected chi connectivity index (χ2v) is 6.02. The molecule has 0 saturated heterocycles. The quantitative estimate of drug-likeness (QED) is 0.684. The Hall–Kier alpha value is -1.79. The summed E-state index contributed by atoms with van der Waals surface area (Å²) in [5.74, 6) is 1.63. The van der Waals surface area contributed by atoms with Gasteiger partial charge in [0.1, 0.15) is 5.82 Å². The zero-order valence-corrected chi connectivity index (χ0v) is 15.6. The molecule has 2 aromatic carbocycles. The molecular formula is C18H21BrFNO3. The molecule has 0 radical (unpaired) electrons. The van der Waals surface area contributed by atoms with Gasteiger partial charge in [0.25, 0.3) is 0 Å². The largest absolute Gasteiger partial charge is 0.493 e. The maximum absolute atomic E-state index is 13.2. The molecule has 0 atom stereocenters. The second kappa shape index (κ2) is 8.89. The fraction of sp³-hybridized carbons (Fsp3) is 0.333. The smallest absolute Gasteiger partial charge is 0.203 e. The van der Waals surface area contributed by atoms with Gasteiger partial charge in [-0.15, -0.1) is 0 Å². The van der Waals surface area contributed by atoms with Gasteiger partial charge < -0.3 is 19.5 Å². The highest BCUT2D eigenvalue weighted by molar-refractivity contribution is 9.10. The van der Waals surface area contributed by atoms with E-state index in [2.05, 4.69) is 21.2 Å². The van der Waals surface area contributed by atoms with Gasteiger partial charge in [-0.2, -0.15) is 0 Å². The van der Waals surface area contributed by atoms with Crippen LogP contribution in [0.1, 0.15) is 11.1 Å². The number of nitrogens with one attached hydrogen (secondary N) is 1. The van der Waals surface area contributed by atoms with Crippen molar-refractivity contribution in [2.24, 2.45) is 0 Å². The summed E-state index contributed by atoms with van der Waals surface area (Å²) in [6.07, 6.45) is 0.800. The van der Waals surface area contributed by atoms with Crippen molar-refractivity contribution in [2.75, 3.05) is 27.9 Å². The normalized spacial score (nSPS) is 10.5. The van der Waals surface area contributed by atoms with Crippen molar-refractivity contribution < 1.29 is 18.6 Å². The van der Waals surface area contributed by atoms with Crippen LogP contribution in [0.5, 0.6) is 17.2 Å². The molecule has 1 N–H and O–H groups in total. The van der Waals surface area contributed by atoms with E-state index >= 15 is 0 Å². The minimum atomic E-state index is -0.248. The molecule has 130 valence electrons. The highest BCUT2D eigenvalue weighted by atomic mass is 79.9. The molecule has 0 aliphatic heterocycles. The van der Waals surface area contributed by atoms with Crippen molar-refractivity contribution in [2.45, 2.75) is 13.0 Å². The lowest BCUT2D eigenvalue weighted by atomic mass is 10.1. The van der Waals surface area contributed by atoms with Crippen LogP contribution in [0.25, 0.3) is 0 Å². The molecule has 2 aromatic rings. The van der Waals surface area contributed by atoms with Gasteiger partial charge in [0.15, 0.2) is 11.5 Å². The first-order valence-corrected chi connectivity index (χ1v) is 8.32. The summed E-state index contributed by atoms with van der Waals surface area (Å²) >= 11 is 3.20. The van der Waals surface area contributed by atoms with Crippen molar-refractivity contribution in [3.63, 3.8) is 0 Å². The van der Waals surface area contributed by atoms with Crippen LogP contribution in [0.4, 0.5) is 4.39 Å². The van der Waals surface area contributed by atoms with Gasteiger partial charge in [-0.1, -0.05) is 12.1 Å². The summed E-state index contributed by atoms with van der Waals surface area (Å²) < 4.78 is 29.8. The molecular weight excluding hydrogens is 377 g/mol. The van der Waals surface area contributed by atoms with Crippen molar-refractivity contribution in [3.8, 4) is 17.2 Å². The van der Waals surface area contributed by atoms with Gasteiger partial charge in [-0.25, -0.2) is 4.39 Å². The van der Waals surface area contributed by atoms with E-state index in [1.807, 2.05) is 12.1 Å². The van der Waals surface area contributed by atoms with Gasteiger partial charge >= 0.3 is 0 Å². The lowest BCUT2D eigenvalue weighted by Crippen LogP contribution is -2.17. The van der Waals surface area contributed by atoms with E-state index in [0.717, 1.165) is 24.1 Å². The highest BCUT2D eigenvalue weighted by Crippen LogP contribution is 2.39. The van der Waals surface area contributed by atoms with Gasteiger partial charge in [-0.05, 0) is 52.7 Å². The van der Waals surface area contributed by atoms with Crippen LogP contribution in [0.15, 0.2) is 34.8 Å². The molecule has 4 nitrogen and oxygen atoms in total. The molecule has 2 rings (SSSR count). The summed E-state index contributed by atoms with van der Waals surface area (Å²) in [6, 6.07) is 8.86. The number of benzene rings is 2. The summed E-state index contributed by atoms with van der Waals surface area (Å²) in [7, 11) is 4.79. The fourth-order valence-electron chi connectivity index (χ4n) is 2.45. The molecule has 0 unspecified atom stereocenters. The minimum Gasteiger partial charge on any atom is -0.493 e. The average molecular weight is 398 g/mol. The third-order valence-corrected chi connectivity index (χ3v) is 4.28. The van der Waals surface area contributed by atoms with Gasteiger partial charge in [0.05, 0.1) is 25.8 Å². The number of rotatable bonds is 8. The first-order valence-electron chi connectivity index (χ1n) is 7.53. The van der Waals surface area contributed by atoms with Crippen molar-refractivity contribution in [1.29, 1.82) is 0 Å². The first-order chi connectivity index (χ1) is 11.6. The van der Waals surface area contributed by atoms with Crippen molar-refractivity contribution in [3.05, 3.63) is 51.7 Å². The Balaban J connectivity index is 1.97. The van der Waals surface area contributed by atoms with E-state index in [0.29, 0.717) is 28.3 Å². The van der Waals surface area contributed by atoms with Gasteiger partial charge in [-0.3, -0.25) is 0 Å². The Morgan fingerprint density at radius 2 is 1.75 bits per heavy atom. The monoisotopic (exact) mass is 397 g/mol. The van der Waals surface area contributed by atoms with Gasteiger partial charge in [0.2, 0.25) is 5.75 Å². The Morgan fingerprint density at radius 1 is 1.00 bits per heavy atom. The van der Waals surface area contributed by atoms with Crippen LogP contribution in [-0.2, 0) is 13.0 Å². The molecule has 0 saturated carbocycles. The fourth-order valence-corrected chi connectivity index (χ4v) is 2.88. The van der Waals surface area contributed by atoms with Crippen LogP contribution in [0, 0.1) is 5.82 Å². The van der Waals surface area contributed by atoms with Crippen LogP contribution in [-0.4, -0.2) is 27.9 Å². The van der Waals surface area contributed by atoms with Crippen molar-refractivity contribution in [1.82, 2.24) is 5.32 Å².